The number of rotatable bonds is 3. The number of anilines is 1. The van der Waals surface area contributed by atoms with Gasteiger partial charge >= 0.3 is 0 Å². The van der Waals surface area contributed by atoms with Crippen LogP contribution in [0.25, 0.3) is 0 Å². The quantitative estimate of drug-likeness (QED) is 0.853. The van der Waals surface area contributed by atoms with Crippen molar-refractivity contribution < 1.29 is 4.39 Å². The maximum absolute atomic E-state index is 13.0. The highest BCUT2D eigenvalue weighted by molar-refractivity contribution is 9.10. The molecule has 2 aromatic rings. The van der Waals surface area contributed by atoms with Crippen LogP contribution in [0.5, 0.6) is 0 Å². The van der Waals surface area contributed by atoms with Crippen molar-refractivity contribution >= 4 is 33.0 Å². The zero-order chi connectivity index (χ0) is 14.0. The highest BCUT2D eigenvalue weighted by Gasteiger charge is 2.17. The van der Waals surface area contributed by atoms with Crippen molar-refractivity contribution in [3.05, 3.63) is 44.6 Å². The first-order chi connectivity index (χ1) is 8.86. The van der Waals surface area contributed by atoms with E-state index in [9.17, 15) is 4.39 Å². The zero-order valence-corrected chi connectivity index (χ0v) is 13.5. The van der Waals surface area contributed by atoms with Gasteiger partial charge in [-0.05, 0) is 34.1 Å². The number of halogens is 2. The van der Waals surface area contributed by atoms with E-state index in [0.29, 0.717) is 6.54 Å². The van der Waals surface area contributed by atoms with Crippen LogP contribution in [0.4, 0.5) is 10.1 Å². The van der Waals surface area contributed by atoms with Crippen molar-refractivity contribution in [3.8, 4) is 0 Å². The molecule has 0 saturated carbocycles. The second-order valence-electron chi connectivity index (χ2n) is 5.37. The zero-order valence-electron chi connectivity index (χ0n) is 11.1. The Kier molecular flexibility index (Phi) is 4.26. The van der Waals surface area contributed by atoms with Crippen molar-refractivity contribution in [2.45, 2.75) is 32.7 Å². The standard InChI is InChI=1S/C14H16BrFN2S/c1-14(2,3)13-18-10(8-19-13)7-17-12-5-4-9(16)6-11(12)15/h4-6,8,17H,7H2,1-3H3. The van der Waals surface area contributed by atoms with Gasteiger partial charge in [-0.15, -0.1) is 11.3 Å². The van der Waals surface area contributed by atoms with Crippen LogP contribution < -0.4 is 5.32 Å². The number of aromatic nitrogens is 1. The highest BCUT2D eigenvalue weighted by atomic mass is 79.9. The van der Waals surface area contributed by atoms with Gasteiger partial charge in [-0.3, -0.25) is 0 Å². The third-order valence-corrected chi connectivity index (χ3v) is 4.56. The predicted molar refractivity (Wildman–Crippen MR) is 82.2 cm³/mol. The molecule has 0 unspecified atom stereocenters. The fourth-order valence-corrected chi connectivity index (χ4v) is 2.95. The van der Waals surface area contributed by atoms with Crippen molar-refractivity contribution in [2.75, 3.05) is 5.32 Å². The molecule has 1 N–H and O–H groups in total. The molecule has 0 aliphatic carbocycles. The Hall–Kier alpha value is -0.940. The van der Waals surface area contributed by atoms with E-state index >= 15 is 0 Å². The summed E-state index contributed by atoms with van der Waals surface area (Å²) >= 11 is 5.01. The summed E-state index contributed by atoms with van der Waals surface area (Å²) in [6.07, 6.45) is 0. The molecule has 0 radical (unpaired) electrons. The molecular formula is C14H16BrFN2S. The lowest BCUT2D eigenvalue weighted by Crippen LogP contribution is -2.11. The normalized spacial score (nSPS) is 11.6. The summed E-state index contributed by atoms with van der Waals surface area (Å²) in [6.45, 7) is 7.09. The SMILES string of the molecule is CC(C)(C)c1nc(CNc2ccc(F)cc2Br)cs1. The molecule has 1 aromatic heterocycles. The fraction of sp³-hybridized carbons (Fsp3) is 0.357. The Morgan fingerprint density at radius 1 is 1.37 bits per heavy atom. The van der Waals surface area contributed by atoms with E-state index in [4.69, 9.17) is 0 Å². The van der Waals surface area contributed by atoms with Gasteiger partial charge in [-0.1, -0.05) is 20.8 Å². The first-order valence-corrected chi connectivity index (χ1v) is 7.67. The summed E-state index contributed by atoms with van der Waals surface area (Å²) in [6, 6.07) is 4.61. The van der Waals surface area contributed by atoms with Gasteiger partial charge < -0.3 is 5.32 Å². The Labute approximate surface area is 125 Å². The first kappa shape index (κ1) is 14.5. The van der Waals surface area contributed by atoms with Gasteiger partial charge in [0.25, 0.3) is 0 Å². The molecule has 19 heavy (non-hydrogen) atoms. The monoisotopic (exact) mass is 342 g/mol. The second kappa shape index (κ2) is 5.59. The topological polar surface area (TPSA) is 24.9 Å². The number of nitrogens with zero attached hydrogens (tertiary/aromatic N) is 1. The van der Waals surface area contributed by atoms with Gasteiger partial charge in [0.1, 0.15) is 5.82 Å². The van der Waals surface area contributed by atoms with E-state index in [1.165, 1.54) is 12.1 Å². The number of nitrogens with one attached hydrogen (secondary N) is 1. The lowest BCUT2D eigenvalue weighted by molar-refractivity contribution is 0.583. The lowest BCUT2D eigenvalue weighted by Gasteiger charge is -2.13. The summed E-state index contributed by atoms with van der Waals surface area (Å²) in [5, 5.41) is 6.44. The third kappa shape index (κ3) is 3.76. The number of thiazole rings is 1. The Balaban J connectivity index is 2.04. The molecule has 2 rings (SSSR count). The van der Waals surface area contributed by atoms with Gasteiger partial charge in [0.05, 0.1) is 17.2 Å². The van der Waals surface area contributed by atoms with Gasteiger partial charge in [-0.25, -0.2) is 9.37 Å². The Bertz CT molecular complexity index is 575. The summed E-state index contributed by atoms with van der Waals surface area (Å²) in [5.41, 5.74) is 1.96. The van der Waals surface area contributed by atoms with Gasteiger partial charge in [0, 0.05) is 21.0 Å². The summed E-state index contributed by atoms with van der Waals surface area (Å²) in [7, 11) is 0. The minimum Gasteiger partial charge on any atom is -0.378 e. The van der Waals surface area contributed by atoms with Crippen LogP contribution in [0.3, 0.4) is 0 Å². The Morgan fingerprint density at radius 3 is 2.68 bits per heavy atom. The van der Waals surface area contributed by atoms with Crippen LogP contribution in [0.15, 0.2) is 28.1 Å². The van der Waals surface area contributed by atoms with Crippen LogP contribution >= 0.6 is 27.3 Å². The van der Waals surface area contributed by atoms with Crippen molar-refractivity contribution in [1.29, 1.82) is 0 Å². The van der Waals surface area contributed by atoms with E-state index < -0.39 is 0 Å². The average Bonchev–Trinajstić information content (AvgIpc) is 2.76. The third-order valence-electron chi connectivity index (χ3n) is 2.58. The van der Waals surface area contributed by atoms with Crippen LogP contribution in [0.1, 0.15) is 31.5 Å². The van der Waals surface area contributed by atoms with Gasteiger partial charge in [0.15, 0.2) is 0 Å². The van der Waals surface area contributed by atoms with Crippen LogP contribution in [0.2, 0.25) is 0 Å². The predicted octanol–water partition coefficient (Wildman–Crippen LogP) is 4.95. The number of hydrogen-bond acceptors (Lipinski definition) is 3. The second-order valence-corrected chi connectivity index (χ2v) is 7.08. The number of benzene rings is 1. The number of hydrogen-bond donors (Lipinski definition) is 1. The molecule has 5 heteroatoms. The molecule has 0 bridgehead atoms. The van der Waals surface area contributed by atoms with Crippen molar-refractivity contribution in [3.63, 3.8) is 0 Å². The smallest absolute Gasteiger partial charge is 0.124 e. The average molecular weight is 343 g/mol. The van der Waals surface area contributed by atoms with E-state index in [2.05, 4.69) is 52.4 Å². The minimum atomic E-state index is -0.249. The fourth-order valence-electron chi connectivity index (χ4n) is 1.55. The maximum atomic E-state index is 13.0. The molecule has 1 aromatic carbocycles. The molecular weight excluding hydrogens is 327 g/mol. The molecule has 0 saturated heterocycles. The van der Waals surface area contributed by atoms with Crippen LogP contribution in [-0.2, 0) is 12.0 Å². The largest absolute Gasteiger partial charge is 0.378 e. The maximum Gasteiger partial charge on any atom is 0.124 e. The van der Waals surface area contributed by atoms with Crippen LogP contribution in [-0.4, -0.2) is 4.98 Å². The Morgan fingerprint density at radius 2 is 2.11 bits per heavy atom. The van der Waals surface area contributed by atoms with E-state index in [1.54, 1.807) is 17.4 Å². The molecule has 0 spiro atoms. The summed E-state index contributed by atoms with van der Waals surface area (Å²) in [4.78, 5) is 4.61. The molecule has 102 valence electrons. The van der Waals surface area contributed by atoms with E-state index in [0.717, 1.165) is 20.9 Å². The van der Waals surface area contributed by atoms with Gasteiger partial charge in [-0.2, -0.15) is 0 Å². The first-order valence-electron chi connectivity index (χ1n) is 6.00. The van der Waals surface area contributed by atoms with Crippen molar-refractivity contribution in [2.24, 2.45) is 0 Å². The highest BCUT2D eigenvalue weighted by Crippen LogP contribution is 2.27. The van der Waals surface area contributed by atoms with Crippen molar-refractivity contribution in [1.82, 2.24) is 4.98 Å². The molecule has 0 fully saturated rings. The minimum absolute atomic E-state index is 0.0827. The molecule has 0 amide bonds. The molecule has 2 nitrogen and oxygen atoms in total. The lowest BCUT2D eigenvalue weighted by atomic mass is 9.98. The van der Waals surface area contributed by atoms with Gasteiger partial charge in [0.2, 0.25) is 0 Å². The molecule has 0 aliphatic rings. The summed E-state index contributed by atoms with van der Waals surface area (Å²) < 4.78 is 13.7. The van der Waals surface area contributed by atoms with E-state index in [-0.39, 0.29) is 11.2 Å². The van der Waals surface area contributed by atoms with Crippen LogP contribution in [0, 0.1) is 5.82 Å². The molecule has 0 aliphatic heterocycles. The molecule has 1 heterocycles. The summed E-state index contributed by atoms with van der Waals surface area (Å²) in [5.74, 6) is -0.249. The van der Waals surface area contributed by atoms with E-state index in [1.807, 2.05) is 0 Å². The molecule has 0 atom stereocenters.